The molecule has 0 unspecified atom stereocenters. The lowest BCUT2D eigenvalue weighted by molar-refractivity contribution is 1.44. The van der Waals surface area contributed by atoms with Crippen LogP contribution in [0.2, 0.25) is 0 Å². The van der Waals surface area contributed by atoms with Gasteiger partial charge in [-0.2, -0.15) is 0 Å². The summed E-state index contributed by atoms with van der Waals surface area (Å²) in [6.07, 6.45) is 0.743. The maximum absolute atomic E-state index is 4.86. The van der Waals surface area contributed by atoms with Gasteiger partial charge in [-0.1, -0.05) is 60.7 Å². The lowest BCUT2D eigenvalue weighted by Gasteiger charge is -2.07. The third-order valence-corrected chi connectivity index (χ3v) is 4.40. The van der Waals surface area contributed by atoms with Crippen molar-refractivity contribution in [2.75, 3.05) is 0 Å². The Bertz CT molecular complexity index is 775. The van der Waals surface area contributed by atoms with Crippen molar-refractivity contribution in [1.29, 1.82) is 0 Å². The van der Waals surface area contributed by atoms with E-state index in [9.17, 15) is 0 Å². The molecule has 0 aliphatic carbocycles. The van der Waals surface area contributed by atoms with E-state index in [1.807, 2.05) is 12.1 Å². The number of benzene rings is 2. The predicted molar refractivity (Wildman–Crippen MR) is 94.2 cm³/mol. The van der Waals surface area contributed by atoms with Gasteiger partial charge >= 0.3 is 0 Å². The summed E-state index contributed by atoms with van der Waals surface area (Å²) in [7, 11) is 0. The van der Waals surface area contributed by atoms with Gasteiger partial charge in [0, 0.05) is 17.2 Å². The van der Waals surface area contributed by atoms with Crippen molar-refractivity contribution in [2.45, 2.75) is 6.42 Å². The van der Waals surface area contributed by atoms with Gasteiger partial charge in [-0.25, -0.2) is 9.98 Å². The average molecular weight is 302 g/mol. The molecule has 0 atom stereocenters. The van der Waals surface area contributed by atoms with Crippen LogP contribution in [0.5, 0.6) is 0 Å². The van der Waals surface area contributed by atoms with Crippen molar-refractivity contribution in [2.24, 2.45) is 9.98 Å². The third kappa shape index (κ3) is 2.51. The molecule has 0 bridgehead atoms. The SMILES string of the molecule is c1ccc(C2=Nc3cscc3N=C(c3ccccc3)C2)cc1. The van der Waals surface area contributed by atoms with Crippen molar-refractivity contribution in [3.05, 3.63) is 82.6 Å². The van der Waals surface area contributed by atoms with Gasteiger partial charge in [0.05, 0.1) is 22.8 Å². The molecule has 22 heavy (non-hydrogen) atoms. The van der Waals surface area contributed by atoms with Crippen molar-refractivity contribution < 1.29 is 0 Å². The highest BCUT2D eigenvalue weighted by molar-refractivity contribution is 7.08. The summed E-state index contributed by atoms with van der Waals surface area (Å²) in [6, 6.07) is 20.7. The Labute approximate surface area is 133 Å². The van der Waals surface area contributed by atoms with Gasteiger partial charge in [0.2, 0.25) is 0 Å². The second kappa shape index (κ2) is 5.70. The van der Waals surface area contributed by atoms with Crippen LogP contribution in [-0.2, 0) is 0 Å². The highest BCUT2D eigenvalue weighted by Gasteiger charge is 2.16. The van der Waals surface area contributed by atoms with Crippen LogP contribution < -0.4 is 0 Å². The maximum atomic E-state index is 4.86. The molecule has 2 aromatic carbocycles. The Morgan fingerprint density at radius 2 is 1.09 bits per heavy atom. The molecule has 1 aliphatic rings. The van der Waals surface area contributed by atoms with Crippen LogP contribution in [0, 0.1) is 0 Å². The van der Waals surface area contributed by atoms with Crippen molar-refractivity contribution in [3.63, 3.8) is 0 Å². The van der Waals surface area contributed by atoms with Crippen LogP contribution in [0.25, 0.3) is 0 Å². The number of nitrogens with zero attached hydrogens (tertiary/aromatic N) is 2. The molecule has 1 aliphatic heterocycles. The predicted octanol–water partition coefficient (Wildman–Crippen LogP) is 5.39. The summed E-state index contributed by atoms with van der Waals surface area (Å²) in [5.41, 5.74) is 6.39. The number of rotatable bonds is 2. The van der Waals surface area contributed by atoms with E-state index in [0.29, 0.717) is 0 Å². The van der Waals surface area contributed by atoms with Crippen molar-refractivity contribution in [1.82, 2.24) is 0 Å². The number of fused-ring (bicyclic) bond motifs is 1. The van der Waals surface area contributed by atoms with Crippen molar-refractivity contribution >= 4 is 34.1 Å². The van der Waals surface area contributed by atoms with Crippen LogP contribution in [0.4, 0.5) is 11.4 Å². The molecule has 106 valence electrons. The molecule has 2 heterocycles. The third-order valence-electron chi connectivity index (χ3n) is 3.68. The molecule has 0 saturated heterocycles. The van der Waals surface area contributed by atoms with Crippen LogP contribution >= 0.6 is 11.3 Å². The molecule has 1 aromatic heterocycles. The number of aliphatic imine (C=N–C) groups is 2. The Hall–Kier alpha value is -2.52. The molecule has 0 saturated carbocycles. The van der Waals surface area contributed by atoms with Crippen LogP contribution in [-0.4, -0.2) is 11.4 Å². The van der Waals surface area contributed by atoms with Gasteiger partial charge in [-0.05, 0) is 11.1 Å². The summed E-state index contributed by atoms with van der Waals surface area (Å²) in [6.45, 7) is 0. The van der Waals surface area contributed by atoms with Gasteiger partial charge in [0.25, 0.3) is 0 Å². The molecule has 0 fully saturated rings. The first-order valence-electron chi connectivity index (χ1n) is 7.22. The van der Waals surface area contributed by atoms with Crippen LogP contribution in [0.1, 0.15) is 17.5 Å². The molecular weight excluding hydrogens is 288 g/mol. The van der Waals surface area contributed by atoms with E-state index in [4.69, 9.17) is 9.98 Å². The largest absolute Gasteiger partial charge is 0.249 e. The summed E-state index contributed by atoms with van der Waals surface area (Å²) in [4.78, 5) is 9.72. The van der Waals surface area contributed by atoms with Gasteiger partial charge in [0.1, 0.15) is 0 Å². The van der Waals surface area contributed by atoms with E-state index in [0.717, 1.165) is 40.3 Å². The average Bonchev–Trinajstić information content (AvgIpc) is 2.94. The monoisotopic (exact) mass is 302 g/mol. The minimum absolute atomic E-state index is 0.743. The lowest BCUT2D eigenvalue weighted by atomic mass is 10.00. The topological polar surface area (TPSA) is 24.7 Å². The molecule has 0 N–H and O–H groups in total. The Morgan fingerprint density at radius 3 is 1.55 bits per heavy atom. The van der Waals surface area contributed by atoms with E-state index in [1.165, 1.54) is 0 Å². The highest BCUT2D eigenvalue weighted by atomic mass is 32.1. The molecular formula is C19H14N2S. The quantitative estimate of drug-likeness (QED) is 0.606. The van der Waals surface area contributed by atoms with E-state index in [2.05, 4.69) is 59.3 Å². The normalized spacial score (nSPS) is 13.8. The zero-order valence-corrected chi connectivity index (χ0v) is 12.8. The molecule has 2 nitrogen and oxygen atoms in total. The minimum atomic E-state index is 0.743. The molecule has 0 amide bonds. The van der Waals surface area contributed by atoms with Crippen molar-refractivity contribution in [3.8, 4) is 0 Å². The fraction of sp³-hybridized carbons (Fsp3) is 0.0526. The van der Waals surface area contributed by atoms with Gasteiger partial charge in [0.15, 0.2) is 0 Å². The number of hydrogen-bond acceptors (Lipinski definition) is 3. The minimum Gasteiger partial charge on any atom is -0.249 e. The van der Waals surface area contributed by atoms with Gasteiger partial charge in [-0.15, -0.1) is 11.3 Å². The van der Waals surface area contributed by atoms with Crippen LogP contribution in [0.3, 0.4) is 0 Å². The zero-order valence-electron chi connectivity index (χ0n) is 11.9. The zero-order chi connectivity index (χ0) is 14.8. The molecule has 0 spiro atoms. The lowest BCUT2D eigenvalue weighted by Crippen LogP contribution is -2.09. The molecule has 3 aromatic rings. The van der Waals surface area contributed by atoms with Gasteiger partial charge < -0.3 is 0 Å². The van der Waals surface area contributed by atoms with Crippen LogP contribution in [0.15, 0.2) is 81.4 Å². The second-order valence-corrected chi connectivity index (χ2v) is 5.91. The standard InChI is InChI=1S/C19H14N2S/c1-3-7-14(8-4-1)16-11-17(15-9-5-2-6-10-15)21-19-13-22-12-18(19)20-16/h1-10,12-13H,11H2. The smallest absolute Gasteiger partial charge is 0.0997 e. The number of thiophene rings is 1. The molecule has 0 radical (unpaired) electrons. The van der Waals surface area contributed by atoms with E-state index >= 15 is 0 Å². The van der Waals surface area contributed by atoms with Gasteiger partial charge in [-0.3, -0.25) is 0 Å². The fourth-order valence-electron chi connectivity index (χ4n) is 2.57. The number of hydrogen-bond donors (Lipinski definition) is 0. The Balaban J connectivity index is 1.85. The van der Waals surface area contributed by atoms with E-state index in [-0.39, 0.29) is 0 Å². The first kappa shape index (κ1) is 13.2. The fourth-order valence-corrected chi connectivity index (χ4v) is 3.25. The molecule has 4 rings (SSSR count). The Kier molecular flexibility index (Phi) is 3.41. The molecule has 3 heteroatoms. The first-order valence-corrected chi connectivity index (χ1v) is 8.16. The highest BCUT2D eigenvalue weighted by Crippen LogP contribution is 2.36. The summed E-state index contributed by atoms with van der Waals surface area (Å²) in [5.74, 6) is 0. The summed E-state index contributed by atoms with van der Waals surface area (Å²) in [5, 5.41) is 4.13. The van der Waals surface area contributed by atoms with E-state index < -0.39 is 0 Å². The summed E-state index contributed by atoms with van der Waals surface area (Å²) < 4.78 is 0. The summed E-state index contributed by atoms with van der Waals surface area (Å²) >= 11 is 1.64. The van der Waals surface area contributed by atoms with E-state index in [1.54, 1.807) is 11.3 Å². The Morgan fingerprint density at radius 1 is 0.636 bits per heavy atom. The second-order valence-electron chi connectivity index (χ2n) is 5.17. The first-order chi connectivity index (χ1) is 10.9. The maximum Gasteiger partial charge on any atom is 0.0997 e.